The van der Waals surface area contributed by atoms with Gasteiger partial charge in [-0.05, 0) is 37.4 Å². The molecule has 0 aromatic heterocycles. The predicted molar refractivity (Wildman–Crippen MR) is 49.5 cm³/mol. The molecule has 0 bridgehead atoms. The second kappa shape index (κ2) is 3.28. The molecule has 0 amide bonds. The van der Waals surface area contributed by atoms with E-state index in [0.29, 0.717) is 0 Å². The molecule has 0 saturated carbocycles. The normalized spacial score (nSPS) is 9.25. The molecule has 0 radical (unpaired) electrons. The SMILES string of the molecule is Cc1cc(C)c(N=[N+]=[N-])c(C)c1. The van der Waals surface area contributed by atoms with Crippen molar-refractivity contribution < 1.29 is 0 Å². The monoisotopic (exact) mass is 161 g/mol. The highest BCUT2D eigenvalue weighted by molar-refractivity contribution is 5.53. The van der Waals surface area contributed by atoms with Crippen LogP contribution in [-0.4, -0.2) is 0 Å². The third kappa shape index (κ3) is 1.57. The first kappa shape index (κ1) is 8.62. The van der Waals surface area contributed by atoms with Crippen molar-refractivity contribution in [2.45, 2.75) is 20.8 Å². The van der Waals surface area contributed by atoms with Crippen LogP contribution in [0.5, 0.6) is 0 Å². The van der Waals surface area contributed by atoms with E-state index in [1.54, 1.807) is 0 Å². The summed E-state index contributed by atoms with van der Waals surface area (Å²) in [5.74, 6) is 0. The van der Waals surface area contributed by atoms with Gasteiger partial charge < -0.3 is 0 Å². The first-order chi connectivity index (χ1) is 5.65. The molecule has 0 aliphatic carbocycles. The molecule has 0 spiro atoms. The summed E-state index contributed by atoms with van der Waals surface area (Å²) in [6, 6.07) is 4.02. The molecule has 0 saturated heterocycles. The van der Waals surface area contributed by atoms with Gasteiger partial charge in [0.1, 0.15) is 0 Å². The molecule has 3 heteroatoms. The van der Waals surface area contributed by atoms with Crippen molar-refractivity contribution >= 4 is 5.69 Å². The van der Waals surface area contributed by atoms with Crippen LogP contribution in [0, 0.1) is 20.8 Å². The third-order valence-electron chi connectivity index (χ3n) is 1.78. The summed E-state index contributed by atoms with van der Waals surface area (Å²) in [5.41, 5.74) is 12.3. The van der Waals surface area contributed by atoms with Crippen molar-refractivity contribution in [1.29, 1.82) is 0 Å². The number of hydrogen-bond acceptors (Lipinski definition) is 1. The van der Waals surface area contributed by atoms with Gasteiger partial charge in [0, 0.05) is 10.6 Å². The largest absolute Gasteiger partial charge is 0.0602 e. The van der Waals surface area contributed by atoms with Crippen molar-refractivity contribution in [3.8, 4) is 0 Å². The second-order valence-electron chi connectivity index (χ2n) is 2.94. The lowest BCUT2D eigenvalue weighted by atomic mass is 10.1. The topological polar surface area (TPSA) is 48.8 Å². The smallest absolute Gasteiger partial charge is 0.0433 e. The van der Waals surface area contributed by atoms with Crippen LogP contribution in [0.3, 0.4) is 0 Å². The van der Waals surface area contributed by atoms with Crippen LogP contribution in [0.4, 0.5) is 5.69 Å². The van der Waals surface area contributed by atoms with Gasteiger partial charge in [0.25, 0.3) is 0 Å². The Kier molecular flexibility index (Phi) is 2.36. The predicted octanol–water partition coefficient (Wildman–Crippen LogP) is 3.55. The van der Waals surface area contributed by atoms with Gasteiger partial charge in [0.2, 0.25) is 0 Å². The highest BCUT2D eigenvalue weighted by Crippen LogP contribution is 2.24. The van der Waals surface area contributed by atoms with Gasteiger partial charge in [0.15, 0.2) is 0 Å². The minimum Gasteiger partial charge on any atom is -0.0602 e. The zero-order valence-electron chi connectivity index (χ0n) is 7.50. The summed E-state index contributed by atoms with van der Waals surface area (Å²) >= 11 is 0. The molecule has 0 unspecified atom stereocenters. The van der Waals surface area contributed by atoms with E-state index in [2.05, 4.69) is 10.0 Å². The maximum Gasteiger partial charge on any atom is 0.0433 e. The first-order valence-corrected chi connectivity index (χ1v) is 3.78. The molecule has 1 aromatic carbocycles. The molecular formula is C9H11N3. The lowest BCUT2D eigenvalue weighted by Crippen LogP contribution is -1.81. The molecule has 0 atom stereocenters. The molecule has 0 N–H and O–H groups in total. The molecule has 0 fully saturated rings. The molecule has 0 aliphatic heterocycles. The zero-order valence-corrected chi connectivity index (χ0v) is 7.50. The summed E-state index contributed by atoms with van der Waals surface area (Å²) in [6.45, 7) is 5.92. The van der Waals surface area contributed by atoms with Crippen LogP contribution in [-0.2, 0) is 0 Å². The van der Waals surface area contributed by atoms with Gasteiger partial charge in [0.05, 0.1) is 0 Å². The van der Waals surface area contributed by atoms with Gasteiger partial charge in [-0.25, -0.2) is 0 Å². The quantitative estimate of drug-likeness (QED) is 0.343. The van der Waals surface area contributed by atoms with Gasteiger partial charge in [-0.2, -0.15) is 0 Å². The molecule has 0 heterocycles. The molecule has 12 heavy (non-hydrogen) atoms. The average molecular weight is 161 g/mol. The van der Waals surface area contributed by atoms with E-state index < -0.39 is 0 Å². The number of hydrogen-bond donors (Lipinski definition) is 0. The van der Waals surface area contributed by atoms with Crippen LogP contribution < -0.4 is 0 Å². The summed E-state index contributed by atoms with van der Waals surface area (Å²) in [4.78, 5) is 2.78. The lowest BCUT2D eigenvalue weighted by Gasteiger charge is -2.04. The van der Waals surface area contributed by atoms with E-state index in [9.17, 15) is 0 Å². The fourth-order valence-electron chi connectivity index (χ4n) is 1.37. The summed E-state index contributed by atoms with van der Waals surface area (Å²) in [6.07, 6.45) is 0. The third-order valence-corrected chi connectivity index (χ3v) is 1.78. The maximum atomic E-state index is 8.30. The van der Waals surface area contributed by atoms with Crippen LogP contribution in [0.25, 0.3) is 10.4 Å². The Bertz CT molecular complexity index is 326. The van der Waals surface area contributed by atoms with Crippen molar-refractivity contribution in [3.63, 3.8) is 0 Å². The Labute approximate surface area is 71.7 Å². The molecular weight excluding hydrogens is 150 g/mol. The van der Waals surface area contributed by atoms with Crippen molar-refractivity contribution in [3.05, 3.63) is 39.3 Å². The van der Waals surface area contributed by atoms with Crippen LogP contribution >= 0.6 is 0 Å². The highest BCUT2D eigenvalue weighted by atomic mass is 15.1. The number of aryl methyl sites for hydroxylation is 3. The Morgan fingerprint density at radius 1 is 1.17 bits per heavy atom. The minimum absolute atomic E-state index is 0.753. The van der Waals surface area contributed by atoms with E-state index in [1.165, 1.54) is 5.56 Å². The number of benzene rings is 1. The second-order valence-corrected chi connectivity index (χ2v) is 2.94. The molecule has 0 aliphatic rings. The summed E-state index contributed by atoms with van der Waals surface area (Å²) in [7, 11) is 0. The van der Waals surface area contributed by atoms with Gasteiger partial charge in [-0.15, -0.1) is 0 Å². The van der Waals surface area contributed by atoms with Crippen molar-refractivity contribution in [1.82, 2.24) is 0 Å². The van der Waals surface area contributed by atoms with E-state index in [-0.39, 0.29) is 0 Å². The fraction of sp³-hybridized carbons (Fsp3) is 0.333. The average Bonchev–Trinajstić information content (AvgIpc) is 1.96. The van der Waals surface area contributed by atoms with Gasteiger partial charge in [-0.1, -0.05) is 22.8 Å². The molecule has 3 nitrogen and oxygen atoms in total. The number of nitrogens with zero attached hydrogens (tertiary/aromatic N) is 3. The van der Waals surface area contributed by atoms with Crippen molar-refractivity contribution in [2.24, 2.45) is 5.11 Å². The highest BCUT2D eigenvalue weighted by Gasteiger charge is 1.99. The van der Waals surface area contributed by atoms with E-state index in [4.69, 9.17) is 5.53 Å². The molecule has 1 rings (SSSR count). The van der Waals surface area contributed by atoms with Crippen LogP contribution in [0.1, 0.15) is 16.7 Å². The lowest BCUT2D eigenvalue weighted by molar-refractivity contribution is 1.27. The van der Waals surface area contributed by atoms with E-state index in [1.807, 2.05) is 32.9 Å². The zero-order chi connectivity index (χ0) is 9.14. The summed E-state index contributed by atoms with van der Waals surface area (Å²) in [5, 5.41) is 3.63. The van der Waals surface area contributed by atoms with Gasteiger partial charge >= 0.3 is 0 Å². The standard InChI is InChI=1S/C9H11N3/c1-6-4-7(2)9(11-12-10)8(3)5-6/h4-5H,1-3H3. The summed E-state index contributed by atoms with van der Waals surface area (Å²) < 4.78 is 0. The number of azide groups is 1. The number of rotatable bonds is 1. The maximum absolute atomic E-state index is 8.30. The van der Waals surface area contributed by atoms with Crippen LogP contribution in [0.15, 0.2) is 17.2 Å². The van der Waals surface area contributed by atoms with E-state index in [0.717, 1.165) is 16.8 Å². The Morgan fingerprint density at radius 2 is 1.67 bits per heavy atom. The Balaban J connectivity index is 3.37. The first-order valence-electron chi connectivity index (χ1n) is 3.78. The van der Waals surface area contributed by atoms with Crippen LogP contribution in [0.2, 0.25) is 0 Å². The fourth-order valence-corrected chi connectivity index (χ4v) is 1.37. The van der Waals surface area contributed by atoms with Gasteiger partial charge in [-0.3, -0.25) is 0 Å². The van der Waals surface area contributed by atoms with E-state index >= 15 is 0 Å². The Hall–Kier alpha value is -1.47. The van der Waals surface area contributed by atoms with Crippen molar-refractivity contribution in [2.75, 3.05) is 0 Å². The Morgan fingerprint density at radius 3 is 2.08 bits per heavy atom. The minimum atomic E-state index is 0.753. The molecule has 62 valence electrons. The molecule has 1 aromatic rings.